The van der Waals surface area contributed by atoms with Gasteiger partial charge in [0.05, 0.1) is 6.04 Å². The van der Waals surface area contributed by atoms with Crippen LogP contribution in [-0.2, 0) is 13.0 Å². The van der Waals surface area contributed by atoms with Crippen LogP contribution in [0.5, 0.6) is 0 Å². The van der Waals surface area contributed by atoms with Crippen LogP contribution in [-0.4, -0.2) is 37.7 Å². The van der Waals surface area contributed by atoms with Crippen molar-refractivity contribution in [2.24, 2.45) is 0 Å². The molecular formula is C19H21N5. The van der Waals surface area contributed by atoms with Crippen LogP contribution in [0, 0.1) is 0 Å². The van der Waals surface area contributed by atoms with Crippen LogP contribution in [0.15, 0.2) is 61.4 Å². The normalized spacial score (nSPS) is 17.6. The lowest BCUT2D eigenvalue weighted by Crippen LogP contribution is -2.37. The van der Waals surface area contributed by atoms with Crippen molar-refractivity contribution in [3.8, 4) is 0 Å². The summed E-state index contributed by atoms with van der Waals surface area (Å²) in [6.07, 6.45) is 9.38. The van der Waals surface area contributed by atoms with Crippen LogP contribution in [0.2, 0.25) is 0 Å². The first-order chi connectivity index (χ1) is 11.9. The molecule has 0 saturated heterocycles. The maximum atomic E-state index is 4.34. The van der Waals surface area contributed by atoms with E-state index in [1.165, 1.54) is 16.7 Å². The van der Waals surface area contributed by atoms with Crippen LogP contribution in [0.3, 0.4) is 0 Å². The zero-order valence-corrected chi connectivity index (χ0v) is 13.6. The summed E-state index contributed by atoms with van der Waals surface area (Å²) >= 11 is 0. The van der Waals surface area contributed by atoms with Crippen molar-refractivity contribution in [1.82, 2.24) is 24.6 Å². The second-order valence-electron chi connectivity index (χ2n) is 6.19. The molecule has 1 atom stereocenters. The minimum atomic E-state index is 0.291. The molecule has 24 heavy (non-hydrogen) atoms. The molecule has 1 unspecified atom stereocenters. The second-order valence-corrected chi connectivity index (χ2v) is 6.19. The highest BCUT2D eigenvalue weighted by molar-refractivity contribution is 5.38. The molecule has 0 bridgehead atoms. The molecule has 5 nitrogen and oxygen atoms in total. The van der Waals surface area contributed by atoms with E-state index in [9.17, 15) is 0 Å². The molecule has 0 aliphatic carbocycles. The first-order valence-electron chi connectivity index (χ1n) is 8.46. The Morgan fingerprint density at radius 1 is 1.04 bits per heavy atom. The number of rotatable bonds is 5. The maximum Gasteiger partial charge on any atom is 0.137 e. The van der Waals surface area contributed by atoms with Crippen molar-refractivity contribution < 1.29 is 0 Å². The summed E-state index contributed by atoms with van der Waals surface area (Å²) < 4.78 is 1.90. The molecule has 0 spiro atoms. The van der Waals surface area contributed by atoms with Crippen LogP contribution in [0.1, 0.15) is 29.2 Å². The minimum Gasteiger partial charge on any atom is -0.292 e. The molecule has 0 amide bonds. The van der Waals surface area contributed by atoms with Crippen LogP contribution < -0.4 is 0 Å². The average molecular weight is 319 g/mol. The van der Waals surface area contributed by atoms with Crippen molar-refractivity contribution in [2.45, 2.75) is 25.4 Å². The number of benzene rings is 1. The molecule has 2 aromatic heterocycles. The van der Waals surface area contributed by atoms with Gasteiger partial charge in [0.1, 0.15) is 12.7 Å². The Balaban J connectivity index is 1.56. The molecule has 1 aliphatic rings. The number of aromatic nitrogens is 4. The molecule has 4 rings (SSSR count). The van der Waals surface area contributed by atoms with Gasteiger partial charge in [-0.1, -0.05) is 30.3 Å². The average Bonchev–Trinajstić information content (AvgIpc) is 3.15. The topological polar surface area (TPSA) is 46.8 Å². The molecule has 122 valence electrons. The van der Waals surface area contributed by atoms with E-state index >= 15 is 0 Å². The van der Waals surface area contributed by atoms with E-state index in [0.29, 0.717) is 6.04 Å². The van der Waals surface area contributed by atoms with Gasteiger partial charge in [-0.15, -0.1) is 0 Å². The predicted molar refractivity (Wildman–Crippen MR) is 92.4 cm³/mol. The lowest BCUT2D eigenvalue weighted by molar-refractivity contribution is 0.206. The number of hydrogen-bond acceptors (Lipinski definition) is 4. The third kappa shape index (κ3) is 3.08. The van der Waals surface area contributed by atoms with Crippen LogP contribution in [0.25, 0.3) is 0 Å². The van der Waals surface area contributed by atoms with Gasteiger partial charge >= 0.3 is 0 Å². The second kappa shape index (κ2) is 6.93. The number of pyridine rings is 1. The Hall–Kier alpha value is -2.53. The lowest BCUT2D eigenvalue weighted by atomic mass is 9.89. The zero-order chi connectivity index (χ0) is 16.2. The van der Waals surface area contributed by atoms with Crippen LogP contribution in [0.4, 0.5) is 0 Å². The fourth-order valence-electron chi connectivity index (χ4n) is 3.57. The highest BCUT2D eigenvalue weighted by Crippen LogP contribution is 2.34. The third-order valence-corrected chi connectivity index (χ3v) is 4.68. The van der Waals surface area contributed by atoms with Gasteiger partial charge in [0.25, 0.3) is 0 Å². The first kappa shape index (κ1) is 15.0. The van der Waals surface area contributed by atoms with Gasteiger partial charge in [-0.25, -0.2) is 4.98 Å². The highest BCUT2D eigenvalue weighted by atomic mass is 15.3. The molecular weight excluding hydrogens is 298 g/mol. The Morgan fingerprint density at radius 3 is 2.83 bits per heavy atom. The molecule has 1 aliphatic heterocycles. The fraction of sp³-hybridized carbons (Fsp3) is 0.316. The minimum absolute atomic E-state index is 0.291. The van der Waals surface area contributed by atoms with E-state index in [1.807, 2.05) is 23.1 Å². The maximum absolute atomic E-state index is 4.34. The van der Waals surface area contributed by atoms with Gasteiger partial charge in [0.2, 0.25) is 0 Å². The molecule has 1 aromatic carbocycles. The lowest BCUT2D eigenvalue weighted by Gasteiger charge is -2.37. The van der Waals surface area contributed by atoms with Crippen molar-refractivity contribution in [2.75, 3.05) is 13.1 Å². The quantitative estimate of drug-likeness (QED) is 0.725. The van der Waals surface area contributed by atoms with E-state index in [0.717, 1.165) is 32.5 Å². The smallest absolute Gasteiger partial charge is 0.137 e. The van der Waals surface area contributed by atoms with Crippen molar-refractivity contribution in [1.29, 1.82) is 0 Å². The van der Waals surface area contributed by atoms with Gasteiger partial charge in [0, 0.05) is 32.0 Å². The van der Waals surface area contributed by atoms with Gasteiger partial charge < -0.3 is 0 Å². The number of fused-ring (bicyclic) bond motifs is 1. The molecule has 0 fully saturated rings. The molecule has 5 heteroatoms. The molecule has 0 radical (unpaired) electrons. The Labute approximate surface area is 142 Å². The van der Waals surface area contributed by atoms with E-state index in [-0.39, 0.29) is 0 Å². The largest absolute Gasteiger partial charge is 0.292 e. The highest BCUT2D eigenvalue weighted by Gasteiger charge is 2.28. The van der Waals surface area contributed by atoms with Gasteiger partial charge in [-0.3, -0.25) is 14.6 Å². The summed E-state index contributed by atoms with van der Waals surface area (Å²) in [6, 6.07) is 13.3. The van der Waals surface area contributed by atoms with Crippen molar-refractivity contribution in [3.63, 3.8) is 0 Å². The SMILES string of the molecule is c1cncc(C2c3ccccc3CCN2CCCn2cncn2)c1. The van der Waals surface area contributed by atoms with E-state index in [2.05, 4.69) is 50.3 Å². The van der Waals surface area contributed by atoms with E-state index in [1.54, 1.807) is 12.7 Å². The summed E-state index contributed by atoms with van der Waals surface area (Å²) in [5.41, 5.74) is 4.14. The summed E-state index contributed by atoms with van der Waals surface area (Å²) in [5.74, 6) is 0. The van der Waals surface area contributed by atoms with Gasteiger partial charge in [-0.05, 0) is 35.6 Å². The number of hydrogen-bond donors (Lipinski definition) is 0. The molecule has 0 saturated carbocycles. The summed E-state index contributed by atoms with van der Waals surface area (Å²) in [6.45, 7) is 3.01. The summed E-state index contributed by atoms with van der Waals surface area (Å²) in [4.78, 5) is 10.9. The molecule has 3 heterocycles. The molecule has 0 N–H and O–H groups in total. The number of aryl methyl sites for hydroxylation is 1. The van der Waals surface area contributed by atoms with Crippen LogP contribution >= 0.6 is 0 Å². The Morgan fingerprint density at radius 2 is 2.00 bits per heavy atom. The first-order valence-corrected chi connectivity index (χ1v) is 8.46. The predicted octanol–water partition coefficient (Wildman–Crippen LogP) is 2.71. The van der Waals surface area contributed by atoms with Crippen molar-refractivity contribution >= 4 is 0 Å². The summed E-state index contributed by atoms with van der Waals surface area (Å²) in [7, 11) is 0. The zero-order valence-electron chi connectivity index (χ0n) is 13.6. The molecule has 3 aromatic rings. The van der Waals surface area contributed by atoms with Crippen molar-refractivity contribution in [3.05, 3.63) is 78.1 Å². The van der Waals surface area contributed by atoms with Gasteiger partial charge in [0.15, 0.2) is 0 Å². The van der Waals surface area contributed by atoms with Gasteiger partial charge in [-0.2, -0.15) is 5.10 Å². The fourth-order valence-corrected chi connectivity index (χ4v) is 3.57. The number of nitrogens with zero attached hydrogens (tertiary/aromatic N) is 5. The Bertz CT molecular complexity index is 769. The summed E-state index contributed by atoms with van der Waals surface area (Å²) in [5, 5.41) is 4.19. The third-order valence-electron chi connectivity index (χ3n) is 4.68. The van der Waals surface area contributed by atoms with E-state index < -0.39 is 0 Å². The van der Waals surface area contributed by atoms with E-state index in [4.69, 9.17) is 0 Å². The monoisotopic (exact) mass is 319 g/mol. The standard InChI is InChI=1S/C19H21N5/c1-2-7-18-16(5-1)8-12-23(10-4-11-24-15-21-14-22-24)19(18)17-6-3-9-20-13-17/h1-3,5-7,9,13-15,19H,4,8,10-12H2. The Kier molecular flexibility index (Phi) is 4.34.